The highest BCUT2D eigenvalue weighted by Crippen LogP contribution is 2.26. The zero-order valence-corrected chi connectivity index (χ0v) is 11.4. The fourth-order valence-electron chi connectivity index (χ4n) is 3.12. The van der Waals surface area contributed by atoms with Gasteiger partial charge in [-0.15, -0.1) is 0 Å². The van der Waals surface area contributed by atoms with Gasteiger partial charge in [-0.1, -0.05) is 13.3 Å². The van der Waals surface area contributed by atoms with Crippen LogP contribution >= 0.6 is 0 Å². The first kappa shape index (κ1) is 14.1. The van der Waals surface area contributed by atoms with Crippen molar-refractivity contribution < 1.29 is 14.7 Å². The fraction of sp³-hybridized carbons (Fsp3) is 0.846. The smallest absolute Gasteiger partial charge is 0.326 e. The molecule has 2 amide bonds. The number of hydrogen-bond acceptors (Lipinski definition) is 3. The number of nitrogens with zero attached hydrogens (tertiary/aromatic N) is 1. The third-order valence-electron chi connectivity index (χ3n) is 4.18. The van der Waals surface area contributed by atoms with Crippen LogP contribution in [0.1, 0.15) is 39.0 Å². The molecule has 108 valence electrons. The van der Waals surface area contributed by atoms with Crippen molar-refractivity contribution in [3.63, 3.8) is 0 Å². The zero-order valence-electron chi connectivity index (χ0n) is 11.4. The first-order valence-corrected chi connectivity index (χ1v) is 7.15. The van der Waals surface area contributed by atoms with Crippen LogP contribution in [0, 0.1) is 0 Å². The summed E-state index contributed by atoms with van der Waals surface area (Å²) in [5.41, 5.74) is 0. The van der Waals surface area contributed by atoms with Gasteiger partial charge in [0, 0.05) is 18.6 Å². The number of aliphatic carboxylic acids is 1. The first-order valence-electron chi connectivity index (χ1n) is 7.15. The second-order valence-corrected chi connectivity index (χ2v) is 5.41. The van der Waals surface area contributed by atoms with E-state index < -0.39 is 12.0 Å². The van der Waals surface area contributed by atoms with Gasteiger partial charge in [0.05, 0.1) is 0 Å². The van der Waals surface area contributed by atoms with Crippen LogP contribution in [-0.4, -0.2) is 53.2 Å². The predicted molar refractivity (Wildman–Crippen MR) is 71.0 cm³/mol. The Bertz CT molecular complexity index is 348. The maximum Gasteiger partial charge on any atom is 0.326 e. The molecule has 0 aromatic heterocycles. The fourth-order valence-corrected chi connectivity index (χ4v) is 3.12. The Morgan fingerprint density at radius 1 is 1.32 bits per heavy atom. The number of amides is 2. The standard InChI is InChI=1S/C13H23N3O3/c1-2-9(12(17)18)14-13(19)15-10-6-8-16-7-4-3-5-11(10)16/h9-11H,2-8H2,1H3,(H,17,18)(H2,14,15,19)/t9-,10?,11?/m0/s1. The molecule has 0 bridgehead atoms. The molecule has 0 radical (unpaired) electrons. The zero-order chi connectivity index (χ0) is 13.8. The van der Waals surface area contributed by atoms with E-state index in [1.165, 1.54) is 12.8 Å². The van der Waals surface area contributed by atoms with Gasteiger partial charge in [-0.3, -0.25) is 4.90 Å². The van der Waals surface area contributed by atoms with Gasteiger partial charge in [-0.2, -0.15) is 0 Å². The van der Waals surface area contributed by atoms with Crippen LogP contribution in [0.2, 0.25) is 0 Å². The maximum atomic E-state index is 11.8. The van der Waals surface area contributed by atoms with Gasteiger partial charge < -0.3 is 15.7 Å². The lowest BCUT2D eigenvalue weighted by Gasteiger charge is -2.32. The molecule has 0 aliphatic carbocycles. The highest BCUT2D eigenvalue weighted by Gasteiger charge is 2.36. The van der Waals surface area contributed by atoms with Crippen LogP contribution in [-0.2, 0) is 4.79 Å². The minimum atomic E-state index is -0.983. The Morgan fingerprint density at radius 3 is 2.79 bits per heavy atom. The van der Waals surface area contributed by atoms with E-state index in [9.17, 15) is 9.59 Å². The molecule has 6 heteroatoms. The van der Waals surface area contributed by atoms with Crippen molar-refractivity contribution in [1.82, 2.24) is 15.5 Å². The first-order chi connectivity index (χ1) is 9.11. The summed E-state index contributed by atoms with van der Waals surface area (Å²) in [7, 11) is 0. The number of nitrogens with one attached hydrogen (secondary N) is 2. The van der Waals surface area contributed by atoms with Crippen molar-refractivity contribution in [2.45, 2.75) is 57.2 Å². The van der Waals surface area contributed by atoms with Gasteiger partial charge in [-0.25, -0.2) is 9.59 Å². The highest BCUT2D eigenvalue weighted by atomic mass is 16.4. The van der Waals surface area contributed by atoms with Crippen molar-refractivity contribution in [2.75, 3.05) is 13.1 Å². The van der Waals surface area contributed by atoms with Crippen LogP contribution < -0.4 is 10.6 Å². The Kier molecular flexibility index (Phi) is 4.63. The van der Waals surface area contributed by atoms with Crippen LogP contribution in [0.25, 0.3) is 0 Å². The molecule has 6 nitrogen and oxygen atoms in total. The van der Waals surface area contributed by atoms with E-state index in [0.717, 1.165) is 25.9 Å². The molecule has 2 aliphatic rings. The number of carbonyl (C=O) groups is 2. The van der Waals surface area contributed by atoms with Gasteiger partial charge in [0.1, 0.15) is 6.04 Å². The molecule has 3 N–H and O–H groups in total. The molecule has 19 heavy (non-hydrogen) atoms. The number of rotatable bonds is 4. The summed E-state index contributed by atoms with van der Waals surface area (Å²) >= 11 is 0. The molecule has 3 atom stereocenters. The van der Waals surface area contributed by atoms with E-state index in [2.05, 4.69) is 15.5 Å². The quantitative estimate of drug-likeness (QED) is 0.704. The molecule has 2 fully saturated rings. The van der Waals surface area contributed by atoms with Gasteiger partial charge >= 0.3 is 12.0 Å². The van der Waals surface area contributed by atoms with Gasteiger partial charge in [0.15, 0.2) is 0 Å². The van der Waals surface area contributed by atoms with E-state index in [1.807, 2.05) is 0 Å². The molecule has 2 unspecified atom stereocenters. The Labute approximate surface area is 113 Å². The third kappa shape index (κ3) is 3.37. The summed E-state index contributed by atoms with van der Waals surface area (Å²) in [4.78, 5) is 25.2. The minimum absolute atomic E-state index is 0.159. The Hall–Kier alpha value is -1.30. The van der Waals surface area contributed by atoms with Crippen molar-refractivity contribution >= 4 is 12.0 Å². The summed E-state index contributed by atoms with van der Waals surface area (Å²) in [6.45, 7) is 3.90. The van der Waals surface area contributed by atoms with E-state index >= 15 is 0 Å². The van der Waals surface area contributed by atoms with Crippen molar-refractivity contribution in [2.24, 2.45) is 0 Å². The monoisotopic (exact) mass is 269 g/mol. The van der Waals surface area contributed by atoms with Gasteiger partial charge in [-0.05, 0) is 32.2 Å². The van der Waals surface area contributed by atoms with Crippen molar-refractivity contribution in [3.05, 3.63) is 0 Å². The molecular weight excluding hydrogens is 246 g/mol. The molecule has 2 heterocycles. The number of piperidine rings is 1. The SMILES string of the molecule is CC[C@H](NC(=O)NC1CCN2CCCCC12)C(=O)O. The summed E-state index contributed by atoms with van der Waals surface area (Å²) in [5.74, 6) is -0.983. The van der Waals surface area contributed by atoms with E-state index in [1.54, 1.807) is 6.92 Å². The lowest BCUT2D eigenvalue weighted by atomic mass is 9.99. The average molecular weight is 269 g/mol. The largest absolute Gasteiger partial charge is 0.480 e. The molecule has 0 aromatic rings. The number of carboxylic acid groups (broad SMARTS) is 1. The Morgan fingerprint density at radius 2 is 2.11 bits per heavy atom. The number of fused-ring (bicyclic) bond motifs is 1. The van der Waals surface area contributed by atoms with Gasteiger partial charge in [0.2, 0.25) is 0 Å². The van der Waals surface area contributed by atoms with Crippen LogP contribution in [0.4, 0.5) is 4.79 Å². The Balaban J connectivity index is 1.83. The lowest BCUT2D eigenvalue weighted by Crippen LogP contribution is -2.52. The molecule has 2 aliphatic heterocycles. The van der Waals surface area contributed by atoms with Crippen molar-refractivity contribution in [1.29, 1.82) is 0 Å². The molecule has 2 rings (SSSR count). The summed E-state index contributed by atoms with van der Waals surface area (Å²) in [6.07, 6.45) is 4.94. The molecular formula is C13H23N3O3. The average Bonchev–Trinajstić information content (AvgIpc) is 2.79. The van der Waals surface area contributed by atoms with Crippen LogP contribution in [0.3, 0.4) is 0 Å². The molecule has 0 saturated carbocycles. The minimum Gasteiger partial charge on any atom is -0.480 e. The van der Waals surface area contributed by atoms with Crippen molar-refractivity contribution in [3.8, 4) is 0 Å². The normalized spacial score (nSPS) is 28.5. The summed E-state index contributed by atoms with van der Waals surface area (Å²) in [6, 6.07) is -0.563. The predicted octanol–water partition coefficient (Wildman–Crippen LogP) is 0.776. The lowest BCUT2D eigenvalue weighted by molar-refractivity contribution is -0.139. The van der Waals surface area contributed by atoms with Crippen LogP contribution in [0.5, 0.6) is 0 Å². The van der Waals surface area contributed by atoms with E-state index in [-0.39, 0.29) is 12.1 Å². The summed E-state index contributed by atoms with van der Waals surface area (Å²) in [5, 5.41) is 14.4. The topological polar surface area (TPSA) is 81.7 Å². The number of carbonyl (C=O) groups excluding carboxylic acids is 1. The van der Waals surface area contributed by atoms with Crippen LogP contribution in [0.15, 0.2) is 0 Å². The molecule has 2 saturated heterocycles. The molecule has 0 spiro atoms. The number of hydrogen-bond donors (Lipinski definition) is 3. The summed E-state index contributed by atoms with van der Waals surface area (Å²) < 4.78 is 0. The maximum absolute atomic E-state index is 11.8. The highest BCUT2D eigenvalue weighted by molar-refractivity contribution is 5.82. The number of carboxylic acids is 1. The van der Waals surface area contributed by atoms with E-state index in [4.69, 9.17) is 5.11 Å². The molecule has 0 aromatic carbocycles. The third-order valence-corrected chi connectivity index (χ3v) is 4.18. The number of urea groups is 1. The second-order valence-electron chi connectivity index (χ2n) is 5.41. The van der Waals surface area contributed by atoms with E-state index in [0.29, 0.717) is 12.5 Å². The van der Waals surface area contributed by atoms with Gasteiger partial charge in [0.25, 0.3) is 0 Å². The second kappa shape index (κ2) is 6.23.